The first kappa shape index (κ1) is 16.5. The van der Waals surface area contributed by atoms with Gasteiger partial charge >= 0.3 is 0 Å². The van der Waals surface area contributed by atoms with Gasteiger partial charge in [-0.25, -0.2) is 8.42 Å². The molecule has 1 N–H and O–H groups in total. The first-order valence-corrected chi connectivity index (χ1v) is 9.22. The first-order chi connectivity index (χ1) is 10.1. The van der Waals surface area contributed by atoms with Gasteiger partial charge in [0.25, 0.3) is 0 Å². The van der Waals surface area contributed by atoms with E-state index in [2.05, 4.69) is 6.92 Å². The van der Waals surface area contributed by atoms with Gasteiger partial charge in [-0.1, -0.05) is 38.0 Å². The van der Waals surface area contributed by atoms with Gasteiger partial charge < -0.3 is 5.11 Å². The second-order valence-corrected chi connectivity index (χ2v) is 7.66. The molecule has 0 aromatic heterocycles. The van der Waals surface area contributed by atoms with Crippen LogP contribution in [0.25, 0.3) is 0 Å². The van der Waals surface area contributed by atoms with Crippen LogP contribution in [0.1, 0.15) is 44.6 Å². The molecule has 21 heavy (non-hydrogen) atoms. The summed E-state index contributed by atoms with van der Waals surface area (Å²) in [6, 6.07) is 6.73. The van der Waals surface area contributed by atoms with Crippen LogP contribution in [0.4, 0.5) is 0 Å². The zero-order chi connectivity index (χ0) is 15.3. The van der Waals surface area contributed by atoms with E-state index in [1.165, 1.54) is 6.42 Å². The van der Waals surface area contributed by atoms with E-state index < -0.39 is 10.0 Å². The van der Waals surface area contributed by atoms with Gasteiger partial charge in [0.1, 0.15) is 0 Å². The molecular formula is C16H25NO3S. The molecular weight excluding hydrogens is 286 g/mol. The van der Waals surface area contributed by atoms with Crippen LogP contribution in [0, 0.1) is 5.92 Å². The van der Waals surface area contributed by atoms with E-state index in [4.69, 9.17) is 0 Å². The van der Waals surface area contributed by atoms with Gasteiger partial charge in [-0.3, -0.25) is 0 Å². The molecule has 0 amide bonds. The monoisotopic (exact) mass is 311 g/mol. The molecule has 1 heterocycles. The zero-order valence-corrected chi connectivity index (χ0v) is 13.5. The minimum Gasteiger partial charge on any atom is -0.392 e. The lowest BCUT2D eigenvalue weighted by atomic mass is 9.96. The van der Waals surface area contributed by atoms with Gasteiger partial charge in [0, 0.05) is 13.1 Å². The molecule has 0 saturated carbocycles. The van der Waals surface area contributed by atoms with Crippen molar-refractivity contribution in [2.24, 2.45) is 5.92 Å². The predicted molar refractivity (Wildman–Crippen MR) is 83.4 cm³/mol. The molecule has 0 spiro atoms. The summed E-state index contributed by atoms with van der Waals surface area (Å²) in [6.45, 7) is 3.10. The van der Waals surface area contributed by atoms with Gasteiger partial charge in [-0.15, -0.1) is 0 Å². The molecule has 0 aliphatic carbocycles. The average Bonchev–Trinajstić information content (AvgIpc) is 2.74. The fourth-order valence-electron chi connectivity index (χ4n) is 3.10. The Bertz CT molecular complexity index is 556. The van der Waals surface area contributed by atoms with E-state index in [9.17, 15) is 13.5 Å². The molecule has 1 unspecified atom stereocenters. The van der Waals surface area contributed by atoms with Crippen LogP contribution < -0.4 is 0 Å². The Hall–Kier alpha value is -0.910. The Balaban J connectivity index is 2.19. The summed E-state index contributed by atoms with van der Waals surface area (Å²) in [6.07, 6.45) is 5.31. The number of hydrogen-bond acceptors (Lipinski definition) is 3. The second kappa shape index (κ2) is 7.38. The smallest absolute Gasteiger partial charge is 0.243 e. The van der Waals surface area contributed by atoms with E-state index in [-0.39, 0.29) is 11.5 Å². The van der Waals surface area contributed by atoms with Gasteiger partial charge in [0.15, 0.2) is 0 Å². The molecule has 5 heteroatoms. The number of sulfonamides is 1. The normalized spacial score (nSPS) is 21.1. The maximum Gasteiger partial charge on any atom is 0.243 e. The number of hydrogen-bond donors (Lipinski definition) is 1. The van der Waals surface area contributed by atoms with Crippen molar-refractivity contribution in [3.05, 3.63) is 29.8 Å². The van der Waals surface area contributed by atoms with Crippen LogP contribution in [-0.2, 0) is 16.6 Å². The minimum atomic E-state index is -3.49. The lowest BCUT2D eigenvalue weighted by molar-refractivity contribution is 0.278. The molecule has 1 fully saturated rings. The fourth-order valence-corrected chi connectivity index (χ4v) is 4.81. The number of rotatable bonds is 5. The third-order valence-corrected chi connectivity index (χ3v) is 6.26. The number of nitrogens with zero attached hydrogens (tertiary/aromatic N) is 1. The topological polar surface area (TPSA) is 57.6 Å². The van der Waals surface area contributed by atoms with Crippen molar-refractivity contribution < 1.29 is 13.5 Å². The highest BCUT2D eigenvalue weighted by Crippen LogP contribution is 2.27. The Kier molecular flexibility index (Phi) is 5.79. The highest BCUT2D eigenvalue weighted by molar-refractivity contribution is 7.89. The summed E-state index contributed by atoms with van der Waals surface area (Å²) in [5.41, 5.74) is 0.479. The van der Waals surface area contributed by atoms with Crippen molar-refractivity contribution in [2.75, 3.05) is 13.1 Å². The Morgan fingerprint density at radius 1 is 1.24 bits per heavy atom. The van der Waals surface area contributed by atoms with Crippen LogP contribution in [0.5, 0.6) is 0 Å². The largest absolute Gasteiger partial charge is 0.392 e. The quantitative estimate of drug-likeness (QED) is 0.909. The molecule has 0 bridgehead atoms. The van der Waals surface area contributed by atoms with E-state index in [1.54, 1.807) is 28.6 Å². The summed E-state index contributed by atoms with van der Waals surface area (Å²) in [7, 11) is -3.49. The summed E-state index contributed by atoms with van der Waals surface area (Å²) < 4.78 is 27.2. The molecule has 1 aromatic carbocycles. The van der Waals surface area contributed by atoms with Crippen LogP contribution in [0.2, 0.25) is 0 Å². The fraction of sp³-hybridized carbons (Fsp3) is 0.625. The van der Waals surface area contributed by atoms with Crippen LogP contribution >= 0.6 is 0 Å². The standard InChI is InChI=1S/C16H25NO3S/c1-2-6-14-7-5-11-17(12-10-14)21(19,20)16-9-4-3-8-15(16)13-18/h3-4,8-9,14,18H,2,5-7,10-13H2,1H3. The number of benzene rings is 1. The van der Waals surface area contributed by atoms with Gasteiger partial charge in [-0.05, 0) is 36.8 Å². The molecule has 2 rings (SSSR count). The van der Waals surface area contributed by atoms with E-state index in [0.717, 1.165) is 25.7 Å². The lowest BCUT2D eigenvalue weighted by Gasteiger charge is -2.21. The maximum atomic E-state index is 12.8. The van der Waals surface area contributed by atoms with E-state index in [0.29, 0.717) is 24.6 Å². The Morgan fingerprint density at radius 3 is 2.71 bits per heavy atom. The molecule has 0 radical (unpaired) electrons. The minimum absolute atomic E-state index is 0.248. The molecule has 118 valence electrons. The van der Waals surface area contributed by atoms with Crippen molar-refractivity contribution in [3.63, 3.8) is 0 Å². The molecule has 1 aromatic rings. The van der Waals surface area contributed by atoms with Gasteiger partial charge in [0.05, 0.1) is 11.5 Å². The number of aliphatic hydroxyl groups excluding tert-OH is 1. The van der Waals surface area contributed by atoms with Crippen LogP contribution in [0.3, 0.4) is 0 Å². The zero-order valence-electron chi connectivity index (χ0n) is 12.7. The van der Waals surface area contributed by atoms with E-state index in [1.807, 2.05) is 0 Å². The maximum absolute atomic E-state index is 12.8. The Morgan fingerprint density at radius 2 is 2.00 bits per heavy atom. The van der Waals surface area contributed by atoms with Crippen molar-refractivity contribution in [1.82, 2.24) is 4.31 Å². The van der Waals surface area contributed by atoms with Gasteiger partial charge in [0.2, 0.25) is 10.0 Å². The third-order valence-electron chi connectivity index (χ3n) is 4.26. The summed E-state index contributed by atoms with van der Waals surface area (Å²) in [5, 5.41) is 9.36. The molecule has 4 nitrogen and oxygen atoms in total. The number of aliphatic hydroxyl groups is 1. The van der Waals surface area contributed by atoms with Crippen molar-refractivity contribution in [2.45, 2.75) is 50.5 Å². The summed E-state index contributed by atoms with van der Waals surface area (Å²) in [4.78, 5) is 0.251. The lowest BCUT2D eigenvalue weighted by Crippen LogP contribution is -2.32. The first-order valence-electron chi connectivity index (χ1n) is 7.78. The van der Waals surface area contributed by atoms with Gasteiger partial charge in [-0.2, -0.15) is 4.31 Å². The molecule has 1 atom stereocenters. The summed E-state index contributed by atoms with van der Waals surface area (Å²) >= 11 is 0. The van der Waals surface area contributed by atoms with Crippen molar-refractivity contribution in [3.8, 4) is 0 Å². The molecule has 1 aliphatic rings. The predicted octanol–water partition coefficient (Wildman–Crippen LogP) is 2.77. The summed E-state index contributed by atoms with van der Waals surface area (Å²) in [5.74, 6) is 0.642. The highest BCUT2D eigenvalue weighted by atomic mass is 32.2. The highest BCUT2D eigenvalue weighted by Gasteiger charge is 2.28. The van der Waals surface area contributed by atoms with Crippen molar-refractivity contribution in [1.29, 1.82) is 0 Å². The SMILES string of the molecule is CCCC1CCCN(S(=O)(=O)c2ccccc2CO)CC1. The van der Waals surface area contributed by atoms with E-state index >= 15 is 0 Å². The van der Waals surface area contributed by atoms with Crippen LogP contribution in [-0.4, -0.2) is 30.9 Å². The molecule has 1 saturated heterocycles. The Labute approximate surface area is 127 Å². The average molecular weight is 311 g/mol. The van der Waals surface area contributed by atoms with Crippen molar-refractivity contribution >= 4 is 10.0 Å². The van der Waals surface area contributed by atoms with Crippen LogP contribution in [0.15, 0.2) is 29.2 Å². The molecule has 1 aliphatic heterocycles. The third kappa shape index (κ3) is 3.84. The second-order valence-electron chi connectivity index (χ2n) is 5.76.